The van der Waals surface area contributed by atoms with Crippen LogP contribution in [0.25, 0.3) is 0 Å². The third-order valence-electron chi connectivity index (χ3n) is 4.87. The third-order valence-corrected chi connectivity index (χ3v) is 6.98. The molecule has 2 heterocycles. The number of amides is 1. The van der Waals surface area contributed by atoms with Gasteiger partial charge in [-0.2, -0.15) is 17.0 Å². The molecule has 0 bridgehead atoms. The minimum atomic E-state index is -3.71. The fourth-order valence-corrected chi connectivity index (χ4v) is 5.52. The Morgan fingerprint density at radius 3 is 2.52 bits per heavy atom. The van der Waals surface area contributed by atoms with E-state index in [1.54, 1.807) is 0 Å². The monoisotopic (exact) mass is 337 g/mol. The lowest BCUT2D eigenvalue weighted by molar-refractivity contribution is -0.122. The Bertz CT molecular complexity index is 704. The lowest BCUT2D eigenvalue weighted by Crippen LogP contribution is -2.57. The molecule has 126 valence electrons. The summed E-state index contributed by atoms with van der Waals surface area (Å²) >= 11 is 0. The van der Waals surface area contributed by atoms with E-state index in [9.17, 15) is 13.2 Å². The number of carbonyl (C=O) groups excluding carboxylic acids is 1. The van der Waals surface area contributed by atoms with Gasteiger partial charge in [-0.1, -0.05) is 30.7 Å². The summed E-state index contributed by atoms with van der Waals surface area (Å²) in [5.41, 5.74) is 7.45. The Morgan fingerprint density at radius 1 is 1.17 bits per heavy atom. The minimum Gasteiger partial charge on any atom is -0.368 e. The van der Waals surface area contributed by atoms with Crippen LogP contribution in [0.3, 0.4) is 0 Å². The molecule has 1 saturated heterocycles. The summed E-state index contributed by atoms with van der Waals surface area (Å²) in [4.78, 5) is 11.9. The number of fused-ring (bicyclic) bond motifs is 1. The van der Waals surface area contributed by atoms with E-state index >= 15 is 0 Å². The van der Waals surface area contributed by atoms with Crippen LogP contribution in [0.5, 0.6) is 0 Å². The number of hydrogen-bond donors (Lipinski definition) is 1. The van der Waals surface area contributed by atoms with Crippen LogP contribution in [0.15, 0.2) is 24.3 Å². The molecule has 1 fully saturated rings. The second-order valence-corrected chi connectivity index (χ2v) is 8.23. The SMILES string of the molecule is CC1CCCCN1S(=O)(=O)N1Cc2ccccc2C[C@@H]1C(N)=O. The molecule has 2 aliphatic heterocycles. The number of nitrogens with two attached hydrogens (primary N) is 1. The maximum Gasteiger partial charge on any atom is 0.283 e. The number of hydrogen-bond acceptors (Lipinski definition) is 3. The van der Waals surface area contributed by atoms with E-state index in [2.05, 4.69) is 0 Å². The van der Waals surface area contributed by atoms with Crippen LogP contribution in [0.2, 0.25) is 0 Å². The first-order valence-corrected chi connectivity index (χ1v) is 9.45. The van der Waals surface area contributed by atoms with Crippen molar-refractivity contribution in [3.63, 3.8) is 0 Å². The zero-order valence-electron chi connectivity index (χ0n) is 13.3. The van der Waals surface area contributed by atoms with E-state index in [0.29, 0.717) is 13.0 Å². The predicted octanol–water partition coefficient (Wildman–Crippen LogP) is 1.02. The zero-order valence-corrected chi connectivity index (χ0v) is 14.1. The van der Waals surface area contributed by atoms with Crippen LogP contribution >= 0.6 is 0 Å². The normalized spacial score (nSPS) is 26.7. The molecule has 0 aromatic heterocycles. The van der Waals surface area contributed by atoms with Crippen molar-refractivity contribution in [2.75, 3.05) is 6.54 Å². The zero-order chi connectivity index (χ0) is 16.6. The van der Waals surface area contributed by atoms with Crippen LogP contribution < -0.4 is 5.73 Å². The Hall–Kier alpha value is -1.44. The van der Waals surface area contributed by atoms with E-state index in [0.717, 1.165) is 30.4 Å². The molecule has 1 unspecified atom stereocenters. The first-order chi connectivity index (χ1) is 10.9. The standard InChI is InChI=1S/C16H23N3O3S/c1-12-6-4-5-9-18(12)23(21,22)19-11-14-8-3-2-7-13(14)10-15(19)16(17)20/h2-3,7-8,12,15H,4-6,9-11H2,1H3,(H2,17,20)/t12?,15-/m1/s1. The van der Waals surface area contributed by atoms with Crippen LogP contribution in [0.1, 0.15) is 37.3 Å². The summed E-state index contributed by atoms with van der Waals surface area (Å²) in [5.74, 6) is -0.590. The molecule has 0 aliphatic carbocycles. The number of carbonyl (C=O) groups is 1. The number of nitrogens with zero attached hydrogens (tertiary/aromatic N) is 2. The van der Waals surface area contributed by atoms with Gasteiger partial charge in [-0.3, -0.25) is 4.79 Å². The molecule has 2 N–H and O–H groups in total. The molecule has 7 heteroatoms. The smallest absolute Gasteiger partial charge is 0.283 e. The fraction of sp³-hybridized carbons (Fsp3) is 0.562. The highest BCUT2D eigenvalue weighted by Crippen LogP contribution is 2.30. The van der Waals surface area contributed by atoms with E-state index in [4.69, 9.17) is 5.73 Å². The number of rotatable bonds is 3. The average Bonchev–Trinajstić information content (AvgIpc) is 2.53. The molecule has 1 aromatic carbocycles. The van der Waals surface area contributed by atoms with Gasteiger partial charge in [-0.15, -0.1) is 0 Å². The molecule has 6 nitrogen and oxygen atoms in total. The molecule has 1 amide bonds. The van der Waals surface area contributed by atoms with Crippen molar-refractivity contribution in [2.45, 2.75) is 51.2 Å². The first kappa shape index (κ1) is 16.4. The van der Waals surface area contributed by atoms with Crippen molar-refractivity contribution < 1.29 is 13.2 Å². The molecule has 2 atom stereocenters. The molecule has 0 radical (unpaired) electrons. The Labute approximate surface area is 137 Å². The summed E-state index contributed by atoms with van der Waals surface area (Å²) in [7, 11) is -3.71. The van der Waals surface area contributed by atoms with Gasteiger partial charge in [0.15, 0.2) is 0 Å². The summed E-state index contributed by atoms with van der Waals surface area (Å²) < 4.78 is 29.1. The largest absolute Gasteiger partial charge is 0.368 e. The van der Waals surface area contributed by atoms with E-state index < -0.39 is 22.2 Å². The van der Waals surface area contributed by atoms with Gasteiger partial charge in [0, 0.05) is 19.1 Å². The average molecular weight is 337 g/mol. The fourth-order valence-electron chi connectivity index (χ4n) is 3.53. The maximum atomic E-state index is 13.1. The van der Waals surface area contributed by atoms with E-state index in [-0.39, 0.29) is 12.6 Å². The summed E-state index contributed by atoms with van der Waals surface area (Å²) in [6, 6.07) is 6.77. The second-order valence-electron chi connectivity index (χ2n) is 6.40. The number of benzene rings is 1. The van der Waals surface area contributed by atoms with Crippen molar-refractivity contribution >= 4 is 16.1 Å². The van der Waals surface area contributed by atoms with Gasteiger partial charge in [0.05, 0.1) is 0 Å². The summed E-state index contributed by atoms with van der Waals surface area (Å²) in [5, 5.41) is 0. The van der Waals surface area contributed by atoms with Crippen molar-refractivity contribution in [3.05, 3.63) is 35.4 Å². The lowest BCUT2D eigenvalue weighted by atomic mass is 9.96. The Morgan fingerprint density at radius 2 is 1.87 bits per heavy atom. The number of primary amides is 1. The van der Waals surface area contributed by atoms with Crippen LogP contribution in [-0.2, 0) is 28.0 Å². The molecular formula is C16H23N3O3S. The summed E-state index contributed by atoms with van der Waals surface area (Å²) in [6.45, 7) is 2.64. The minimum absolute atomic E-state index is 0.0422. The Balaban J connectivity index is 1.97. The van der Waals surface area contributed by atoms with Crippen molar-refractivity contribution in [1.82, 2.24) is 8.61 Å². The van der Waals surface area contributed by atoms with Gasteiger partial charge < -0.3 is 5.73 Å². The van der Waals surface area contributed by atoms with Gasteiger partial charge in [-0.05, 0) is 37.3 Å². The van der Waals surface area contributed by atoms with E-state index in [1.807, 2.05) is 31.2 Å². The first-order valence-electron chi connectivity index (χ1n) is 8.06. The Kier molecular flexibility index (Phi) is 4.44. The predicted molar refractivity (Wildman–Crippen MR) is 87.6 cm³/mol. The van der Waals surface area contributed by atoms with Crippen molar-refractivity contribution in [1.29, 1.82) is 0 Å². The highest BCUT2D eigenvalue weighted by molar-refractivity contribution is 7.86. The van der Waals surface area contributed by atoms with E-state index in [1.165, 1.54) is 8.61 Å². The quantitative estimate of drug-likeness (QED) is 0.894. The molecular weight excluding hydrogens is 314 g/mol. The second kappa shape index (κ2) is 6.22. The molecule has 23 heavy (non-hydrogen) atoms. The highest BCUT2D eigenvalue weighted by atomic mass is 32.2. The third kappa shape index (κ3) is 3.00. The molecule has 3 rings (SSSR count). The molecule has 2 aliphatic rings. The highest BCUT2D eigenvalue weighted by Gasteiger charge is 2.42. The maximum absolute atomic E-state index is 13.1. The molecule has 0 saturated carbocycles. The van der Waals surface area contributed by atoms with Gasteiger partial charge in [0.1, 0.15) is 6.04 Å². The van der Waals surface area contributed by atoms with Gasteiger partial charge in [0.25, 0.3) is 10.2 Å². The van der Waals surface area contributed by atoms with Crippen molar-refractivity contribution in [2.24, 2.45) is 5.73 Å². The lowest BCUT2D eigenvalue weighted by Gasteiger charge is -2.40. The molecule has 0 spiro atoms. The van der Waals surface area contributed by atoms with Crippen LogP contribution in [0.4, 0.5) is 0 Å². The van der Waals surface area contributed by atoms with Crippen LogP contribution in [0, 0.1) is 0 Å². The summed E-state index contributed by atoms with van der Waals surface area (Å²) in [6.07, 6.45) is 3.09. The number of piperidine rings is 1. The van der Waals surface area contributed by atoms with Gasteiger partial charge in [0.2, 0.25) is 5.91 Å². The molecule has 1 aromatic rings. The van der Waals surface area contributed by atoms with Gasteiger partial charge in [-0.25, -0.2) is 0 Å². The van der Waals surface area contributed by atoms with Gasteiger partial charge >= 0.3 is 0 Å². The van der Waals surface area contributed by atoms with Crippen LogP contribution in [-0.4, -0.2) is 41.6 Å². The topological polar surface area (TPSA) is 83.7 Å². The van der Waals surface area contributed by atoms with Crippen molar-refractivity contribution in [3.8, 4) is 0 Å².